The van der Waals surface area contributed by atoms with Crippen molar-refractivity contribution in [3.05, 3.63) is 62.7 Å². The van der Waals surface area contributed by atoms with Crippen molar-refractivity contribution in [2.24, 2.45) is 0 Å². The molecular formula is C18H19ClN2O4. The summed E-state index contributed by atoms with van der Waals surface area (Å²) in [7, 11) is 0. The summed E-state index contributed by atoms with van der Waals surface area (Å²) in [5.41, 5.74) is 2.34. The highest BCUT2D eigenvalue weighted by molar-refractivity contribution is 6.32. The lowest BCUT2D eigenvalue weighted by atomic mass is 10.0. The normalized spacial score (nSPS) is 10.4. The number of nitro groups is 1. The van der Waals surface area contributed by atoms with Gasteiger partial charge in [0.25, 0.3) is 5.91 Å². The molecule has 0 atom stereocenters. The van der Waals surface area contributed by atoms with Crippen LogP contribution in [0.4, 0.5) is 11.4 Å². The van der Waals surface area contributed by atoms with Crippen LogP contribution in [0.5, 0.6) is 5.75 Å². The average Bonchev–Trinajstić information content (AvgIpc) is 2.60. The number of nitrogens with one attached hydrogen (secondary N) is 1. The lowest BCUT2D eigenvalue weighted by Crippen LogP contribution is -2.22. The van der Waals surface area contributed by atoms with Gasteiger partial charge >= 0.3 is 5.69 Å². The molecule has 0 spiro atoms. The van der Waals surface area contributed by atoms with Gasteiger partial charge in [-0.25, -0.2) is 0 Å². The van der Waals surface area contributed by atoms with Gasteiger partial charge in [0.15, 0.2) is 12.4 Å². The lowest BCUT2D eigenvalue weighted by Gasteiger charge is -2.16. The van der Waals surface area contributed by atoms with Crippen molar-refractivity contribution in [3.8, 4) is 5.75 Å². The minimum absolute atomic E-state index is 0.0557. The van der Waals surface area contributed by atoms with Gasteiger partial charge in [-0.1, -0.05) is 43.6 Å². The molecule has 25 heavy (non-hydrogen) atoms. The van der Waals surface area contributed by atoms with E-state index in [4.69, 9.17) is 16.3 Å². The Labute approximate surface area is 150 Å². The zero-order valence-electron chi connectivity index (χ0n) is 14.0. The van der Waals surface area contributed by atoms with Gasteiger partial charge in [0.2, 0.25) is 0 Å². The number of halogens is 1. The number of aryl methyl sites for hydroxylation is 1. The van der Waals surface area contributed by atoms with Crippen LogP contribution >= 0.6 is 11.6 Å². The fourth-order valence-electron chi connectivity index (χ4n) is 2.52. The number of rotatable bonds is 7. The number of anilines is 1. The molecule has 6 nitrogen and oxygen atoms in total. The summed E-state index contributed by atoms with van der Waals surface area (Å²) in [5.74, 6) is -0.343. The fraction of sp³-hybridized carbons (Fsp3) is 0.278. The molecule has 0 heterocycles. The van der Waals surface area contributed by atoms with Crippen LogP contribution in [-0.2, 0) is 17.6 Å². The molecule has 2 rings (SSSR count). The fourth-order valence-corrected chi connectivity index (χ4v) is 2.81. The molecule has 0 aromatic heterocycles. The van der Waals surface area contributed by atoms with Gasteiger partial charge < -0.3 is 10.1 Å². The van der Waals surface area contributed by atoms with Gasteiger partial charge in [0.05, 0.1) is 4.92 Å². The highest BCUT2D eigenvalue weighted by Gasteiger charge is 2.17. The van der Waals surface area contributed by atoms with Gasteiger partial charge in [-0.05, 0) is 36.1 Å². The van der Waals surface area contributed by atoms with E-state index >= 15 is 0 Å². The summed E-state index contributed by atoms with van der Waals surface area (Å²) in [6.07, 6.45) is 1.41. The van der Waals surface area contributed by atoms with Crippen molar-refractivity contribution in [3.63, 3.8) is 0 Å². The second-order valence-corrected chi connectivity index (χ2v) is 5.74. The third-order valence-electron chi connectivity index (χ3n) is 3.76. The minimum atomic E-state index is -0.547. The number of amides is 1. The van der Waals surface area contributed by atoms with Gasteiger partial charge in [0.1, 0.15) is 0 Å². The van der Waals surface area contributed by atoms with E-state index in [0.717, 1.165) is 17.5 Å². The van der Waals surface area contributed by atoms with Crippen LogP contribution in [-0.4, -0.2) is 17.4 Å². The van der Waals surface area contributed by atoms with Gasteiger partial charge in [-0.15, -0.1) is 0 Å². The second-order valence-electron chi connectivity index (χ2n) is 5.33. The highest BCUT2D eigenvalue weighted by atomic mass is 35.5. The Balaban J connectivity index is 2.14. The highest BCUT2D eigenvalue weighted by Crippen LogP contribution is 2.30. The zero-order valence-corrected chi connectivity index (χ0v) is 14.8. The maximum absolute atomic E-state index is 12.3. The van der Waals surface area contributed by atoms with E-state index in [1.165, 1.54) is 18.2 Å². The first-order chi connectivity index (χ1) is 12.0. The van der Waals surface area contributed by atoms with E-state index in [1.54, 1.807) is 6.07 Å². The molecule has 0 aliphatic heterocycles. The van der Waals surface area contributed by atoms with E-state index in [0.29, 0.717) is 17.1 Å². The van der Waals surface area contributed by atoms with Gasteiger partial charge in [0, 0.05) is 16.8 Å². The first-order valence-electron chi connectivity index (χ1n) is 7.94. The molecule has 132 valence electrons. The van der Waals surface area contributed by atoms with E-state index in [9.17, 15) is 14.9 Å². The summed E-state index contributed by atoms with van der Waals surface area (Å²) in [5, 5.41) is 14.4. The van der Waals surface area contributed by atoms with Crippen molar-refractivity contribution in [2.45, 2.75) is 26.7 Å². The monoisotopic (exact) mass is 362 g/mol. The molecule has 0 saturated heterocycles. The number of hydrogen-bond donors (Lipinski definition) is 1. The predicted octanol–water partition coefficient (Wildman–Crippen LogP) is 4.39. The Kier molecular flexibility index (Phi) is 6.36. The number of carbonyl (C=O) groups excluding carboxylic acids is 1. The second kappa shape index (κ2) is 8.48. The average molecular weight is 363 g/mol. The van der Waals surface area contributed by atoms with Crippen LogP contribution in [0.15, 0.2) is 36.4 Å². The molecule has 0 saturated carbocycles. The maximum Gasteiger partial charge on any atom is 0.310 e. The quantitative estimate of drug-likeness (QED) is 0.585. The predicted molar refractivity (Wildman–Crippen MR) is 97.4 cm³/mol. The van der Waals surface area contributed by atoms with Crippen molar-refractivity contribution in [1.29, 1.82) is 0 Å². The van der Waals surface area contributed by atoms with Crippen LogP contribution in [0.25, 0.3) is 0 Å². The van der Waals surface area contributed by atoms with E-state index in [-0.39, 0.29) is 18.0 Å². The van der Waals surface area contributed by atoms with Crippen LogP contribution < -0.4 is 10.1 Å². The topological polar surface area (TPSA) is 81.5 Å². The summed E-state index contributed by atoms with van der Waals surface area (Å²) >= 11 is 6.21. The largest absolute Gasteiger partial charge is 0.477 e. The molecule has 1 N–H and O–H groups in total. The summed E-state index contributed by atoms with van der Waals surface area (Å²) in [4.78, 5) is 22.7. The molecule has 1 amide bonds. The minimum Gasteiger partial charge on any atom is -0.477 e. The Morgan fingerprint density at radius 3 is 2.56 bits per heavy atom. The van der Waals surface area contributed by atoms with Crippen molar-refractivity contribution < 1.29 is 14.5 Å². The Morgan fingerprint density at radius 1 is 1.20 bits per heavy atom. The molecule has 2 aromatic rings. The number of nitrogens with zero attached hydrogens (tertiary/aromatic N) is 1. The summed E-state index contributed by atoms with van der Waals surface area (Å²) < 4.78 is 5.32. The van der Waals surface area contributed by atoms with Crippen LogP contribution in [0.2, 0.25) is 5.02 Å². The Bertz CT molecular complexity index is 793. The van der Waals surface area contributed by atoms with E-state index in [1.807, 2.05) is 26.0 Å². The van der Waals surface area contributed by atoms with Crippen molar-refractivity contribution in [2.75, 3.05) is 11.9 Å². The Hall–Kier alpha value is -2.60. The number of ether oxygens (including phenoxy) is 1. The van der Waals surface area contributed by atoms with Crippen molar-refractivity contribution >= 4 is 28.9 Å². The van der Waals surface area contributed by atoms with E-state index < -0.39 is 10.8 Å². The number of nitro benzene ring substituents is 1. The van der Waals surface area contributed by atoms with E-state index in [2.05, 4.69) is 5.32 Å². The molecule has 0 radical (unpaired) electrons. The Morgan fingerprint density at radius 2 is 1.92 bits per heavy atom. The molecule has 0 aliphatic rings. The molecule has 0 bridgehead atoms. The standard InChI is InChI=1S/C18H19ClN2O4/c1-3-12-9-10-14(19)13(4-2)18(12)20-17(22)11-25-16-8-6-5-7-15(16)21(23)24/h5-10H,3-4,11H2,1-2H3,(H,20,22). The van der Waals surface area contributed by atoms with Gasteiger partial charge in [-0.2, -0.15) is 0 Å². The van der Waals surface area contributed by atoms with Crippen LogP contribution in [0, 0.1) is 10.1 Å². The molecule has 2 aromatic carbocycles. The molecule has 0 fully saturated rings. The zero-order chi connectivity index (χ0) is 18.4. The number of para-hydroxylation sites is 2. The lowest BCUT2D eigenvalue weighted by molar-refractivity contribution is -0.385. The molecular weight excluding hydrogens is 344 g/mol. The number of hydrogen-bond acceptors (Lipinski definition) is 4. The smallest absolute Gasteiger partial charge is 0.310 e. The molecule has 7 heteroatoms. The summed E-state index contributed by atoms with van der Waals surface area (Å²) in [6.45, 7) is 3.62. The summed E-state index contributed by atoms with van der Waals surface area (Å²) in [6, 6.07) is 9.63. The van der Waals surface area contributed by atoms with Crippen LogP contribution in [0.3, 0.4) is 0 Å². The third-order valence-corrected chi connectivity index (χ3v) is 4.12. The number of carbonyl (C=O) groups is 1. The molecule has 0 aliphatic carbocycles. The first kappa shape index (κ1) is 18.7. The first-order valence-corrected chi connectivity index (χ1v) is 8.32. The maximum atomic E-state index is 12.3. The van der Waals surface area contributed by atoms with Crippen molar-refractivity contribution in [1.82, 2.24) is 0 Å². The van der Waals surface area contributed by atoms with Crippen LogP contribution in [0.1, 0.15) is 25.0 Å². The number of benzene rings is 2. The van der Waals surface area contributed by atoms with Gasteiger partial charge in [-0.3, -0.25) is 14.9 Å². The third kappa shape index (κ3) is 4.48. The SMILES string of the molecule is CCc1ccc(Cl)c(CC)c1NC(=O)COc1ccccc1[N+](=O)[O-]. The molecule has 0 unspecified atom stereocenters.